The third-order valence-electron chi connectivity index (χ3n) is 4.69. The number of fused-ring (bicyclic) bond motifs is 1. The number of benzene rings is 2. The number of carbonyl (C=O) groups is 1. The summed E-state index contributed by atoms with van der Waals surface area (Å²) in [7, 11) is -7.17. The third-order valence-corrected chi connectivity index (χ3v) is 7.57. The van der Waals surface area contributed by atoms with Crippen molar-refractivity contribution >= 4 is 43.2 Å². The van der Waals surface area contributed by atoms with E-state index in [-0.39, 0.29) is 16.5 Å². The highest BCUT2D eigenvalue weighted by atomic mass is 32.2. The first kappa shape index (κ1) is 22.8. The Hall–Kier alpha value is -2.92. The van der Waals surface area contributed by atoms with Gasteiger partial charge in [-0.3, -0.25) is 19.2 Å². The SMILES string of the molecule is CCCS(=O)(=O)Nc1cccc(NC(=O)[C@H](C)N=C2NS(=O)(=O)c3ccccc32)c1C. The molecule has 2 aromatic rings. The Bertz CT molecular complexity index is 1250. The van der Waals surface area contributed by atoms with Gasteiger partial charge in [0.1, 0.15) is 11.9 Å². The molecule has 0 fully saturated rings. The Morgan fingerprint density at radius 1 is 1.13 bits per heavy atom. The molecule has 0 aromatic heterocycles. The number of nitrogens with one attached hydrogen (secondary N) is 3. The first-order chi connectivity index (χ1) is 14.5. The van der Waals surface area contributed by atoms with Crippen molar-refractivity contribution in [3.63, 3.8) is 0 Å². The van der Waals surface area contributed by atoms with E-state index in [1.165, 1.54) is 6.07 Å². The summed E-state index contributed by atoms with van der Waals surface area (Å²) in [5, 5.41) is 2.73. The van der Waals surface area contributed by atoms with Crippen molar-refractivity contribution in [2.45, 2.75) is 38.1 Å². The standard InChI is InChI=1S/C20H24N4O5S2/c1-4-12-30(26,27)23-17-10-7-9-16(13(17)2)22-20(25)14(3)21-19-15-8-5-6-11-18(15)31(28,29)24-19/h5-11,14,23H,4,12H2,1-3H3,(H,21,24)(H,22,25)/t14-/m0/s1. The molecule has 0 saturated heterocycles. The highest BCUT2D eigenvalue weighted by Crippen LogP contribution is 2.25. The average Bonchev–Trinajstić information content (AvgIpc) is 2.95. The molecule has 0 unspecified atom stereocenters. The lowest BCUT2D eigenvalue weighted by Gasteiger charge is -2.15. The van der Waals surface area contributed by atoms with Crippen LogP contribution in [0.5, 0.6) is 0 Å². The van der Waals surface area contributed by atoms with Gasteiger partial charge in [-0.15, -0.1) is 0 Å². The highest BCUT2D eigenvalue weighted by molar-refractivity contribution is 7.92. The molecule has 166 valence electrons. The zero-order valence-electron chi connectivity index (χ0n) is 17.3. The van der Waals surface area contributed by atoms with Gasteiger partial charge in [0.05, 0.1) is 16.3 Å². The molecule has 1 atom stereocenters. The number of anilines is 2. The quantitative estimate of drug-likeness (QED) is 0.578. The van der Waals surface area contributed by atoms with E-state index in [0.29, 0.717) is 28.9 Å². The molecular formula is C20H24N4O5S2. The van der Waals surface area contributed by atoms with Crippen LogP contribution in [0.25, 0.3) is 0 Å². The fourth-order valence-corrected chi connectivity index (χ4v) is 5.52. The topological polar surface area (TPSA) is 134 Å². The van der Waals surface area contributed by atoms with E-state index < -0.39 is 32.0 Å². The van der Waals surface area contributed by atoms with Crippen LogP contribution >= 0.6 is 0 Å². The smallest absolute Gasteiger partial charge is 0.263 e. The van der Waals surface area contributed by atoms with Crippen LogP contribution in [0.1, 0.15) is 31.4 Å². The van der Waals surface area contributed by atoms with Gasteiger partial charge in [0.15, 0.2) is 0 Å². The van der Waals surface area contributed by atoms with Crippen LogP contribution in [0.3, 0.4) is 0 Å². The van der Waals surface area contributed by atoms with Gasteiger partial charge >= 0.3 is 0 Å². The summed E-state index contributed by atoms with van der Waals surface area (Å²) < 4.78 is 53.4. The van der Waals surface area contributed by atoms with Gasteiger partial charge in [-0.1, -0.05) is 25.1 Å². The van der Waals surface area contributed by atoms with Crippen LogP contribution in [-0.2, 0) is 24.8 Å². The number of amides is 1. The van der Waals surface area contributed by atoms with Crippen molar-refractivity contribution in [2.75, 3.05) is 15.8 Å². The maximum Gasteiger partial charge on any atom is 0.263 e. The zero-order valence-corrected chi connectivity index (χ0v) is 19.0. The van der Waals surface area contributed by atoms with E-state index in [0.717, 1.165) is 0 Å². The monoisotopic (exact) mass is 464 g/mol. The summed E-state index contributed by atoms with van der Waals surface area (Å²) in [5.41, 5.74) is 1.77. The molecule has 0 radical (unpaired) electrons. The molecule has 1 heterocycles. The number of carbonyl (C=O) groups excluding carboxylic acids is 1. The molecule has 3 rings (SSSR count). The number of hydrogen-bond donors (Lipinski definition) is 3. The summed E-state index contributed by atoms with van der Waals surface area (Å²) in [6, 6.07) is 10.4. The van der Waals surface area contributed by atoms with E-state index in [4.69, 9.17) is 0 Å². The Morgan fingerprint density at radius 2 is 1.81 bits per heavy atom. The lowest BCUT2D eigenvalue weighted by Crippen LogP contribution is -2.29. The molecule has 1 aliphatic heterocycles. The van der Waals surface area contributed by atoms with Gasteiger partial charge in [-0.2, -0.15) is 0 Å². The molecule has 3 N–H and O–H groups in total. The Kier molecular flexibility index (Phi) is 6.37. The van der Waals surface area contributed by atoms with Gasteiger partial charge in [0.25, 0.3) is 10.0 Å². The van der Waals surface area contributed by atoms with Crippen LogP contribution in [-0.4, -0.2) is 40.4 Å². The minimum Gasteiger partial charge on any atom is -0.324 e. The molecular weight excluding hydrogens is 440 g/mol. The number of hydrogen-bond acceptors (Lipinski definition) is 6. The molecule has 0 saturated carbocycles. The summed E-state index contributed by atoms with van der Waals surface area (Å²) >= 11 is 0. The largest absolute Gasteiger partial charge is 0.324 e. The van der Waals surface area contributed by atoms with Crippen molar-refractivity contribution < 1.29 is 21.6 Å². The minimum absolute atomic E-state index is 0.00503. The molecule has 2 aromatic carbocycles. The summed E-state index contributed by atoms with van der Waals surface area (Å²) in [4.78, 5) is 17.1. The Balaban J connectivity index is 1.80. The maximum atomic E-state index is 12.7. The lowest BCUT2D eigenvalue weighted by atomic mass is 10.1. The number of rotatable bonds is 7. The second kappa shape index (κ2) is 8.67. The van der Waals surface area contributed by atoms with Gasteiger partial charge in [0.2, 0.25) is 15.9 Å². The summed E-state index contributed by atoms with van der Waals surface area (Å²) in [6.07, 6.45) is 0.482. The van der Waals surface area contributed by atoms with Crippen LogP contribution in [0.15, 0.2) is 52.4 Å². The van der Waals surface area contributed by atoms with E-state index in [2.05, 4.69) is 19.8 Å². The third kappa shape index (κ3) is 5.05. The minimum atomic E-state index is -3.70. The Labute approximate surface area is 182 Å². The number of sulfonamides is 2. The van der Waals surface area contributed by atoms with Crippen LogP contribution in [0.4, 0.5) is 11.4 Å². The highest BCUT2D eigenvalue weighted by Gasteiger charge is 2.31. The van der Waals surface area contributed by atoms with Crippen molar-refractivity contribution in [2.24, 2.45) is 4.99 Å². The van der Waals surface area contributed by atoms with Crippen molar-refractivity contribution in [3.05, 3.63) is 53.6 Å². The van der Waals surface area contributed by atoms with Crippen LogP contribution in [0, 0.1) is 6.92 Å². The average molecular weight is 465 g/mol. The van der Waals surface area contributed by atoms with E-state index >= 15 is 0 Å². The van der Waals surface area contributed by atoms with Crippen molar-refractivity contribution in [3.8, 4) is 0 Å². The first-order valence-corrected chi connectivity index (χ1v) is 12.8. The lowest BCUT2D eigenvalue weighted by molar-refractivity contribution is -0.117. The van der Waals surface area contributed by atoms with Crippen LogP contribution in [0.2, 0.25) is 0 Å². The van der Waals surface area contributed by atoms with Gasteiger partial charge in [0, 0.05) is 11.3 Å². The predicted octanol–water partition coefficient (Wildman–Crippen LogP) is 2.21. The van der Waals surface area contributed by atoms with Crippen molar-refractivity contribution in [1.29, 1.82) is 0 Å². The molecule has 9 nitrogen and oxygen atoms in total. The number of nitrogens with zero attached hydrogens (tertiary/aromatic N) is 1. The molecule has 0 aliphatic carbocycles. The van der Waals surface area contributed by atoms with E-state index in [1.54, 1.807) is 57.2 Å². The van der Waals surface area contributed by atoms with E-state index in [9.17, 15) is 21.6 Å². The predicted molar refractivity (Wildman–Crippen MR) is 120 cm³/mol. The molecule has 0 bridgehead atoms. The van der Waals surface area contributed by atoms with Gasteiger partial charge in [-0.25, -0.2) is 16.8 Å². The van der Waals surface area contributed by atoms with Gasteiger partial charge < -0.3 is 5.32 Å². The fourth-order valence-electron chi connectivity index (χ4n) is 3.09. The zero-order chi connectivity index (χ0) is 22.8. The second-order valence-corrected chi connectivity index (χ2v) is 10.6. The summed E-state index contributed by atoms with van der Waals surface area (Å²) in [6.45, 7) is 5.01. The molecule has 0 spiro atoms. The Morgan fingerprint density at radius 3 is 2.52 bits per heavy atom. The summed E-state index contributed by atoms with van der Waals surface area (Å²) in [5.74, 6) is -0.363. The number of amidine groups is 1. The molecule has 1 aliphatic rings. The van der Waals surface area contributed by atoms with Gasteiger partial charge in [-0.05, 0) is 50.1 Å². The maximum absolute atomic E-state index is 12.7. The molecule has 1 amide bonds. The van der Waals surface area contributed by atoms with Crippen LogP contribution < -0.4 is 14.8 Å². The van der Waals surface area contributed by atoms with Crippen molar-refractivity contribution in [1.82, 2.24) is 4.72 Å². The van der Waals surface area contributed by atoms with E-state index in [1.807, 2.05) is 0 Å². The molecule has 11 heteroatoms. The first-order valence-electron chi connectivity index (χ1n) is 9.65. The normalized spacial score (nSPS) is 16.9. The second-order valence-electron chi connectivity index (χ2n) is 7.14. The number of aliphatic imine (C=N–C) groups is 1. The molecule has 31 heavy (non-hydrogen) atoms. The fraction of sp³-hybridized carbons (Fsp3) is 0.300.